The summed E-state index contributed by atoms with van der Waals surface area (Å²) in [5.74, 6) is 0.176. The minimum absolute atomic E-state index is 0.176. The van der Waals surface area contributed by atoms with Gasteiger partial charge in [-0.05, 0) is 30.8 Å². The van der Waals surface area contributed by atoms with Gasteiger partial charge in [0.05, 0.1) is 5.69 Å². The summed E-state index contributed by atoms with van der Waals surface area (Å²) in [6.45, 7) is 7.14. The zero-order valence-electron chi connectivity index (χ0n) is 8.83. The first-order valence-corrected chi connectivity index (χ1v) is 4.97. The Labute approximate surface area is 85.2 Å². The molecule has 0 amide bonds. The maximum absolute atomic E-state index is 9.41. The predicted molar refractivity (Wildman–Crippen MR) is 59.1 cm³/mol. The van der Waals surface area contributed by atoms with E-state index in [1.165, 1.54) is 0 Å². The molecule has 0 heterocycles. The van der Waals surface area contributed by atoms with Gasteiger partial charge in [0, 0.05) is 6.54 Å². The molecule has 0 bridgehead atoms. The average molecular weight is 194 g/mol. The highest BCUT2D eigenvalue weighted by molar-refractivity contribution is 5.52. The smallest absolute Gasteiger partial charge is 0.138 e. The summed E-state index contributed by atoms with van der Waals surface area (Å²) in [4.78, 5) is 2.28. The molecule has 1 rings (SSSR count). The molecule has 1 aromatic carbocycles. The normalized spacial score (nSPS) is 10.8. The second kappa shape index (κ2) is 4.86. The number of aromatic hydroxyl groups is 1. The van der Waals surface area contributed by atoms with Crippen LogP contribution < -0.4 is 5.73 Å². The van der Waals surface area contributed by atoms with Crippen molar-refractivity contribution < 1.29 is 5.11 Å². The molecular formula is C11H18N2O. The van der Waals surface area contributed by atoms with E-state index in [9.17, 15) is 5.11 Å². The molecule has 1 aromatic rings. The van der Waals surface area contributed by atoms with Crippen molar-refractivity contribution in [2.75, 3.05) is 18.8 Å². The van der Waals surface area contributed by atoms with Crippen molar-refractivity contribution in [1.82, 2.24) is 4.90 Å². The molecule has 0 radical (unpaired) electrons. The van der Waals surface area contributed by atoms with Gasteiger partial charge in [0.25, 0.3) is 0 Å². The standard InChI is InChI=1S/C11H18N2O/c1-3-13(4-2)8-9-5-6-10(12)11(14)7-9/h5-7,14H,3-4,8,12H2,1-2H3. The van der Waals surface area contributed by atoms with Gasteiger partial charge in [0.15, 0.2) is 0 Å². The zero-order chi connectivity index (χ0) is 10.6. The van der Waals surface area contributed by atoms with Crippen LogP contribution in [0.3, 0.4) is 0 Å². The lowest BCUT2D eigenvalue weighted by atomic mass is 10.2. The number of nitrogens with two attached hydrogens (primary N) is 1. The van der Waals surface area contributed by atoms with E-state index in [2.05, 4.69) is 18.7 Å². The summed E-state index contributed by atoms with van der Waals surface area (Å²) in [5.41, 5.74) is 7.06. The van der Waals surface area contributed by atoms with Gasteiger partial charge in [-0.25, -0.2) is 0 Å². The van der Waals surface area contributed by atoms with E-state index in [1.807, 2.05) is 6.07 Å². The molecule has 0 aliphatic carbocycles. The first-order valence-electron chi connectivity index (χ1n) is 4.97. The lowest BCUT2D eigenvalue weighted by molar-refractivity contribution is 0.295. The zero-order valence-corrected chi connectivity index (χ0v) is 8.83. The van der Waals surface area contributed by atoms with Crippen molar-refractivity contribution in [2.45, 2.75) is 20.4 Å². The molecule has 3 N–H and O–H groups in total. The van der Waals surface area contributed by atoms with Crippen molar-refractivity contribution in [2.24, 2.45) is 0 Å². The SMILES string of the molecule is CCN(CC)Cc1ccc(N)c(O)c1. The minimum atomic E-state index is 0.176. The van der Waals surface area contributed by atoms with Crippen LogP contribution in [0.25, 0.3) is 0 Å². The molecule has 0 unspecified atom stereocenters. The van der Waals surface area contributed by atoms with Crippen LogP contribution in [-0.2, 0) is 6.54 Å². The second-order valence-electron chi connectivity index (χ2n) is 3.35. The van der Waals surface area contributed by atoms with Crippen molar-refractivity contribution in [3.05, 3.63) is 23.8 Å². The van der Waals surface area contributed by atoms with Crippen LogP contribution in [0.2, 0.25) is 0 Å². The summed E-state index contributed by atoms with van der Waals surface area (Å²) in [7, 11) is 0. The van der Waals surface area contributed by atoms with Gasteiger partial charge in [-0.3, -0.25) is 4.90 Å². The number of anilines is 1. The van der Waals surface area contributed by atoms with Crippen LogP contribution in [-0.4, -0.2) is 23.1 Å². The Morgan fingerprint density at radius 3 is 2.43 bits per heavy atom. The quantitative estimate of drug-likeness (QED) is 0.567. The lowest BCUT2D eigenvalue weighted by Crippen LogP contribution is -2.22. The minimum Gasteiger partial charge on any atom is -0.506 e. The first-order chi connectivity index (χ1) is 6.67. The maximum Gasteiger partial charge on any atom is 0.138 e. The van der Waals surface area contributed by atoms with Gasteiger partial charge in [-0.15, -0.1) is 0 Å². The van der Waals surface area contributed by atoms with Crippen LogP contribution in [0.4, 0.5) is 5.69 Å². The number of phenols is 1. The summed E-state index contributed by atoms with van der Waals surface area (Å²) < 4.78 is 0. The monoisotopic (exact) mass is 194 g/mol. The molecule has 0 aromatic heterocycles. The number of benzene rings is 1. The molecule has 0 atom stereocenters. The average Bonchev–Trinajstić information content (AvgIpc) is 2.19. The largest absolute Gasteiger partial charge is 0.506 e. The fraction of sp³-hybridized carbons (Fsp3) is 0.455. The first kappa shape index (κ1) is 10.9. The number of hydrogen-bond acceptors (Lipinski definition) is 3. The third-order valence-electron chi connectivity index (χ3n) is 2.40. The Hall–Kier alpha value is -1.22. The molecule has 0 aliphatic heterocycles. The number of hydrogen-bond donors (Lipinski definition) is 2. The fourth-order valence-electron chi connectivity index (χ4n) is 1.39. The van der Waals surface area contributed by atoms with Crippen molar-refractivity contribution in [1.29, 1.82) is 0 Å². The second-order valence-corrected chi connectivity index (χ2v) is 3.35. The van der Waals surface area contributed by atoms with E-state index < -0.39 is 0 Å². The number of rotatable bonds is 4. The maximum atomic E-state index is 9.41. The Bertz CT molecular complexity index is 295. The van der Waals surface area contributed by atoms with Gasteiger partial charge in [0.2, 0.25) is 0 Å². The van der Waals surface area contributed by atoms with Gasteiger partial charge in [-0.1, -0.05) is 19.9 Å². The number of nitrogens with zero attached hydrogens (tertiary/aromatic N) is 1. The van der Waals surface area contributed by atoms with Gasteiger partial charge in [0.1, 0.15) is 5.75 Å². The highest BCUT2D eigenvalue weighted by Gasteiger charge is 2.03. The summed E-state index contributed by atoms with van der Waals surface area (Å²) >= 11 is 0. The van der Waals surface area contributed by atoms with Crippen LogP contribution >= 0.6 is 0 Å². The highest BCUT2D eigenvalue weighted by Crippen LogP contribution is 2.21. The van der Waals surface area contributed by atoms with E-state index >= 15 is 0 Å². The molecule has 0 spiro atoms. The van der Waals surface area contributed by atoms with Gasteiger partial charge in [-0.2, -0.15) is 0 Å². The molecule has 14 heavy (non-hydrogen) atoms. The van der Waals surface area contributed by atoms with Crippen molar-refractivity contribution in [3.8, 4) is 5.75 Å². The molecule has 0 aliphatic rings. The molecule has 3 heteroatoms. The molecule has 78 valence electrons. The van der Waals surface area contributed by atoms with Crippen molar-refractivity contribution >= 4 is 5.69 Å². The summed E-state index contributed by atoms with van der Waals surface area (Å²) in [6.07, 6.45) is 0. The Kier molecular flexibility index (Phi) is 3.77. The summed E-state index contributed by atoms with van der Waals surface area (Å²) in [5, 5.41) is 9.41. The lowest BCUT2D eigenvalue weighted by Gasteiger charge is -2.18. The molecule has 0 saturated carbocycles. The van der Waals surface area contributed by atoms with Crippen LogP contribution in [0, 0.1) is 0 Å². The van der Waals surface area contributed by atoms with Gasteiger partial charge >= 0.3 is 0 Å². The predicted octanol–water partition coefficient (Wildman–Crippen LogP) is 1.82. The Morgan fingerprint density at radius 1 is 1.29 bits per heavy atom. The van der Waals surface area contributed by atoms with Crippen LogP contribution in [0.5, 0.6) is 5.75 Å². The Morgan fingerprint density at radius 2 is 1.93 bits per heavy atom. The molecular weight excluding hydrogens is 176 g/mol. The molecule has 0 fully saturated rings. The van der Waals surface area contributed by atoms with E-state index in [1.54, 1.807) is 12.1 Å². The third kappa shape index (κ3) is 2.64. The topological polar surface area (TPSA) is 49.5 Å². The van der Waals surface area contributed by atoms with Gasteiger partial charge < -0.3 is 10.8 Å². The van der Waals surface area contributed by atoms with Crippen LogP contribution in [0.1, 0.15) is 19.4 Å². The van der Waals surface area contributed by atoms with Crippen molar-refractivity contribution in [3.63, 3.8) is 0 Å². The molecule has 0 saturated heterocycles. The number of nitrogen functional groups attached to an aromatic ring is 1. The van der Waals surface area contributed by atoms with E-state index in [4.69, 9.17) is 5.73 Å². The Balaban J connectivity index is 2.72. The molecule has 3 nitrogen and oxygen atoms in total. The van der Waals surface area contributed by atoms with E-state index in [0.717, 1.165) is 25.2 Å². The number of phenolic OH excluding ortho intramolecular Hbond substituents is 1. The van der Waals surface area contributed by atoms with E-state index in [-0.39, 0.29) is 5.75 Å². The van der Waals surface area contributed by atoms with Crippen LogP contribution in [0.15, 0.2) is 18.2 Å². The summed E-state index contributed by atoms with van der Waals surface area (Å²) in [6, 6.07) is 5.43. The third-order valence-corrected chi connectivity index (χ3v) is 2.40. The van der Waals surface area contributed by atoms with E-state index in [0.29, 0.717) is 5.69 Å². The highest BCUT2D eigenvalue weighted by atomic mass is 16.3. The fourth-order valence-corrected chi connectivity index (χ4v) is 1.39.